The molecule has 20 heavy (non-hydrogen) atoms. The van der Waals surface area contributed by atoms with Gasteiger partial charge in [0.15, 0.2) is 0 Å². The van der Waals surface area contributed by atoms with Crippen LogP contribution in [0.2, 0.25) is 0 Å². The zero-order valence-corrected chi connectivity index (χ0v) is 14.6. The average Bonchev–Trinajstić information content (AvgIpc) is 2.44. The molecule has 0 spiro atoms. The van der Waals surface area contributed by atoms with Crippen LogP contribution in [-0.2, 0) is 4.79 Å². The van der Waals surface area contributed by atoms with Crippen molar-refractivity contribution < 1.29 is 4.79 Å². The molecule has 0 aromatic carbocycles. The van der Waals surface area contributed by atoms with Gasteiger partial charge in [-0.05, 0) is 56.6 Å². The molecule has 0 N–H and O–H groups in total. The Kier molecular flexibility index (Phi) is 6.25. The summed E-state index contributed by atoms with van der Waals surface area (Å²) in [5.74, 6) is 3.48. The van der Waals surface area contributed by atoms with E-state index in [1.54, 1.807) is 6.92 Å². The Bertz CT molecular complexity index is 332. The lowest BCUT2D eigenvalue weighted by molar-refractivity contribution is -0.124. The summed E-state index contributed by atoms with van der Waals surface area (Å²) in [7, 11) is 0. The van der Waals surface area contributed by atoms with Crippen molar-refractivity contribution in [1.29, 1.82) is 0 Å². The normalized spacial score (nSPS) is 36.2. The van der Waals surface area contributed by atoms with Gasteiger partial charge in [0.25, 0.3) is 0 Å². The Hall–Kier alpha value is 0.270. The van der Waals surface area contributed by atoms with Crippen LogP contribution in [0.15, 0.2) is 0 Å². The van der Waals surface area contributed by atoms with Crippen molar-refractivity contribution in [3.63, 3.8) is 0 Å². The Morgan fingerprint density at radius 3 is 2.50 bits per heavy atom. The lowest BCUT2D eigenvalue weighted by Gasteiger charge is -2.47. The fraction of sp³-hybridized carbons (Fsp3) is 0.938. The molecule has 0 aromatic heterocycles. The molecule has 2 rings (SSSR count). The van der Waals surface area contributed by atoms with E-state index in [0.717, 1.165) is 19.4 Å². The number of hydrogen-bond donors (Lipinski definition) is 0. The van der Waals surface area contributed by atoms with E-state index in [2.05, 4.69) is 30.5 Å². The summed E-state index contributed by atoms with van der Waals surface area (Å²) in [4.78, 5) is 14.6. The summed E-state index contributed by atoms with van der Waals surface area (Å²) in [6, 6.07) is 1.18. The van der Waals surface area contributed by atoms with Crippen LogP contribution in [0, 0.1) is 11.8 Å². The fourth-order valence-electron chi connectivity index (χ4n) is 4.09. The first-order valence-corrected chi connectivity index (χ1v) is 9.61. The Morgan fingerprint density at radius 1 is 1.30 bits per heavy atom. The molecule has 4 atom stereocenters. The van der Waals surface area contributed by atoms with E-state index in [0.29, 0.717) is 23.8 Å². The van der Waals surface area contributed by atoms with Gasteiger partial charge in [0.05, 0.1) is 0 Å². The zero-order valence-electron chi connectivity index (χ0n) is 13.0. The first-order chi connectivity index (χ1) is 9.54. The van der Waals surface area contributed by atoms with Crippen molar-refractivity contribution in [2.24, 2.45) is 11.8 Å². The predicted octanol–water partition coefficient (Wildman–Crippen LogP) is 3.82. The molecule has 2 fully saturated rings. The van der Waals surface area contributed by atoms with E-state index in [9.17, 15) is 4.79 Å². The maximum Gasteiger partial charge on any atom is 0.133 e. The maximum absolute atomic E-state index is 11.9. The van der Waals surface area contributed by atoms with Crippen LogP contribution in [0.4, 0.5) is 0 Å². The first-order valence-electron chi connectivity index (χ1n) is 8.02. The highest BCUT2D eigenvalue weighted by molar-refractivity contribution is 7.99. The summed E-state index contributed by atoms with van der Waals surface area (Å²) >= 11 is 8.55. The van der Waals surface area contributed by atoms with Gasteiger partial charge in [0.1, 0.15) is 5.78 Å². The summed E-state index contributed by atoms with van der Waals surface area (Å²) in [6.45, 7) is 7.34. The third-order valence-electron chi connectivity index (χ3n) is 5.22. The Labute approximate surface area is 133 Å². The van der Waals surface area contributed by atoms with Crippen molar-refractivity contribution in [2.45, 2.75) is 63.9 Å². The number of Topliss-reactive ketones (excluding diaryl/α,β-unsaturated/α-hetero) is 1. The monoisotopic (exact) mass is 317 g/mol. The second-order valence-corrected chi connectivity index (χ2v) is 8.23. The zero-order chi connectivity index (χ0) is 14.7. The molecule has 4 heteroatoms. The second kappa shape index (κ2) is 7.51. The van der Waals surface area contributed by atoms with Gasteiger partial charge in [-0.25, -0.2) is 0 Å². The SMILES string of the molecule is CCN(C1CCSCC1)C1CC(Cl)CC(C(C)=O)C1C. The molecular weight excluding hydrogens is 290 g/mol. The van der Waals surface area contributed by atoms with E-state index in [4.69, 9.17) is 11.6 Å². The van der Waals surface area contributed by atoms with Crippen molar-refractivity contribution in [2.75, 3.05) is 18.1 Å². The largest absolute Gasteiger partial charge is 0.300 e. The molecule has 1 saturated carbocycles. The highest BCUT2D eigenvalue weighted by Gasteiger charge is 2.40. The number of alkyl halides is 1. The lowest BCUT2D eigenvalue weighted by Crippen LogP contribution is -2.53. The van der Waals surface area contributed by atoms with E-state index in [1.807, 2.05) is 0 Å². The number of thioether (sulfide) groups is 1. The molecule has 1 saturated heterocycles. The van der Waals surface area contributed by atoms with Gasteiger partial charge in [0, 0.05) is 23.4 Å². The standard InChI is InChI=1S/C16H28ClNOS/c1-4-18(14-5-7-20-8-6-14)16-10-13(17)9-15(11(16)2)12(3)19/h11,13-16H,4-10H2,1-3H3. The summed E-state index contributed by atoms with van der Waals surface area (Å²) in [5.41, 5.74) is 0. The van der Waals surface area contributed by atoms with Crippen LogP contribution in [0.5, 0.6) is 0 Å². The number of nitrogens with zero attached hydrogens (tertiary/aromatic N) is 1. The minimum atomic E-state index is 0.156. The van der Waals surface area contributed by atoms with Gasteiger partial charge < -0.3 is 0 Å². The van der Waals surface area contributed by atoms with Crippen molar-refractivity contribution in [3.8, 4) is 0 Å². The highest BCUT2D eigenvalue weighted by Crippen LogP contribution is 2.38. The van der Waals surface area contributed by atoms with Gasteiger partial charge in [-0.3, -0.25) is 9.69 Å². The average molecular weight is 318 g/mol. The second-order valence-electron chi connectivity index (χ2n) is 6.39. The molecule has 116 valence electrons. The third kappa shape index (κ3) is 3.72. The summed E-state index contributed by atoms with van der Waals surface area (Å²) < 4.78 is 0. The highest BCUT2D eigenvalue weighted by atomic mass is 35.5. The number of rotatable bonds is 4. The minimum Gasteiger partial charge on any atom is -0.300 e. The predicted molar refractivity (Wildman–Crippen MR) is 88.7 cm³/mol. The Balaban J connectivity index is 2.11. The van der Waals surface area contributed by atoms with Crippen molar-refractivity contribution in [1.82, 2.24) is 4.90 Å². The number of carbonyl (C=O) groups is 1. The molecule has 4 unspecified atom stereocenters. The summed E-state index contributed by atoms with van der Waals surface area (Å²) in [6.07, 6.45) is 4.50. The van der Waals surface area contributed by atoms with Gasteiger partial charge in [0.2, 0.25) is 0 Å². The molecule has 2 nitrogen and oxygen atoms in total. The molecule has 0 radical (unpaired) electrons. The number of ketones is 1. The van der Waals surface area contributed by atoms with E-state index < -0.39 is 0 Å². The molecular formula is C16H28ClNOS. The van der Waals surface area contributed by atoms with Crippen molar-refractivity contribution in [3.05, 3.63) is 0 Å². The molecule has 0 aromatic rings. The van der Waals surface area contributed by atoms with Crippen LogP contribution in [-0.4, -0.2) is 46.2 Å². The quantitative estimate of drug-likeness (QED) is 0.735. The van der Waals surface area contributed by atoms with E-state index >= 15 is 0 Å². The van der Waals surface area contributed by atoms with Crippen molar-refractivity contribution >= 4 is 29.1 Å². The van der Waals surface area contributed by atoms with Crippen LogP contribution >= 0.6 is 23.4 Å². The van der Waals surface area contributed by atoms with Crippen LogP contribution < -0.4 is 0 Å². The van der Waals surface area contributed by atoms with Gasteiger partial charge in [-0.2, -0.15) is 11.8 Å². The first kappa shape index (κ1) is 16.6. The molecule has 1 aliphatic heterocycles. The van der Waals surface area contributed by atoms with E-state index in [-0.39, 0.29) is 11.3 Å². The van der Waals surface area contributed by atoms with Crippen LogP contribution in [0.25, 0.3) is 0 Å². The fourth-order valence-corrected chi connectivity index (χ4v) is 5.54. The Morgan fingerprint density at radius 2 is 1.95 bits per heavy atom. The molecule has 0 bridgehead atoms. The number of hydrogen-bond acceptors (Lipinski definition) is 3. The number of halogens is 1. The van der Waals surface area contributed by atoms with Crippen LogP contribution in [0.3, 0.4) is 0 Å². The topological polar surface area (TPSA) is 20.3 Å². The van der Waals surface area contributed by atoms with Gasteiger partial charge >= 0.3 is 0 Å². The van der Waals surface area contributed by atoms with Gasteiger partial charge in [-0.1, -0.05) is 13.8 Å². The van der Waals surface area contributed by atoms with E-state index in [1.165, 1.54) is 24.3 Å². The lowest BCUT2D eigenvalue weighted by atomic mass is 9.73. The number of carbonyl (C=O) groups excluding carboxylic acids is 1. The molecule has 1 heterocycles. The maximum atomic E-state index is 11.9. The smallest absolute Gasteiger partial charge is 0.133 e. The molecule has 2 aliphatic rings. The van der Waals surface area contributed by atoms with Gasteiger partial charge in [-0.15, -0.1) is 11.6 Å². The summed E-state index contributed by atoms with van der Waals surface area (Å²) in [5, 5.41) is 0.164. The molecule has 1 aliphatic carbocycles. The molecule has 0 amide bonds. The minimum absolute atomic E-state index is 0.156. The third-order valence-corrected chi connectivity index (χ3v) is 6.63. The van der Waals surface area contributed by atoms with Crippen LogP contribution in [0.1, 0.15) is 46.5 Å².